The molecule has 2 rings (SSSR count). The van der Waals surface area contributed by atoms with Gasteiger partial charge in [0.15, 0.2) is 0 Å². The van der Waals surface area contributed by atoms with Crippen LogP contribution in [0.3, 0.4) is 0 Å². The number of nitrogens with zero attached hydrogens (tertiary/aromatic N) is 1. The molecule has 4 nitrogen and oxygen atoms in total. The van der Waals surface area contributed by atoms with Crippen molar-refractivity contribution < 1.29 is 14.6 Å². The fourth-order valence-electron chi connectivity index (χ4n) is 4.76. The highest BCUT2D eigenvalue weighted by Crippen LogP contribution is 2.39. The summed E-state index contributed by atoms with van der Waals surface area (Å²) in [5.41, 5.74) is 4.74. The van der Waals surface area contributed by atoms with Crippen LogP contribution >= 0.6 is 24.0 Å². The van der Waals surface area contributed by atoms with E-state index in [1.165, 1.54) is 22.3 Å². The van der Waals surface area contributed by atoms with Gasteiger partial charge in [0.2, 0.25) is 5.91 Å². The lowest BCUT2D eigenvalue weighted by atomic mass is 9.86. The Balaban J connectivity index is 2.18. The highest BCUT2D eigenvalue weighted by molar-refractivity contribution is 8.23. The van der Waals surface area contributed by atoms with Gasteiger partial charge < -0.3 is 9.84 Å². The third kappa shape index (κ3) is 6.19. The van der Waals surface area contributed by atoms with Crippen LogP contribution in [-0.2, 0) is 9.53 Å². The van der Waals surface area contributed by atoms with Crippen LogP contribution in [0.15, 0.2) is 24.3 Å². The van der Waals surface area contributed by atoms with E-state index in [-0.39, 0.29) is 36.3 Å². The molecule has 0 radical (unpaired) electrons. The Hall–Kier alpha value is -1.21. The molecule has 0 aromatic heterocycles. The van der Waals surface area contributed by atoms with Crippen molar-refractivity contribution in [2.45, 2.75) is 72.6 Å². The molecule has 0 saturated carbocycles. The molecular weight excluding hydrogens is 426 g/mol. The molecule has 0 unspecified atom stereocenters. The average Bonchev–Trinajstić information content (AvgIpc) is 3.07. The smallest absolute Gasteiger partial charge is 0.231 e. The van der Waals surface area contributed by atoms with E-state index in [1.807, 2.05) is 19.9 Å². The third-order valence-corrected chi connectivity index (χ3v) is 7.77. The number of hydrogen-bond donors (Lipinski definition) is 1. The highest BCUT2D eigenvalue weighted by Gasteiger charge is 2.38. The molecule has 1 heterocycles. The van der Waals surface area contributed by atoms with Crippen LogP contribution in [0.1, 0.15) is 61.9 Å². The monoisotopic (exact) mass is 463 g/mol. The molecule has 0 aliphatic carbocycles. The van der Waals surface area contributed by atoms with Gasteiger partial charge in [-0.25, -0.2) is 0 Å². The molecule has 1 aliphatic rings. The van der Waals surface area contributed by atoms with Crippen molar-refractivity contribution >= 4 is 34.2 Å². The number of benzene rings is 1. The Labute approximate surface area is 197 Å². The molecule has 1 fully saturated rings. The lowest BCUT2D eigenvalue weighted by Gasteiger charge is -2.32. The van der Waals surface area contributed by atoms with Gasteiger partial charge in [-0.3, -0.25) is 9.69 Å². The van der Waals surface area contributed by atoms with Crippen molar-refractivity contribution in [1.82, 2.24) is 4.90 Å². The standard InChI is InChI=1S/C25H37NO3S2/c1-8-9-10-16(3)24(29-7)19(6)21(27)13-22(28)26-20(14-31-25(26)30)23-17(4)11-15(2)12-18(23)5/h8-9,11-12,16,19-21,24,27H,10,13-14H2,1-7H3/b9-8+/t16-,19-,20+,21+,24+/m0/s1. The largest absolute Gasteiger partial charge is 0.392 e. The molecule has 6 heteroatoms. The van der Waals surface area contributed by atoms with E-state index in [1.54, 1.807) is 23.8 Å². The number of thioether (sulfide) groups is 1. The first kappa shape index (κ1) is 26.0. The number of rotatable bonds is 9. The first-order chi connectivity index (χ1) is 14.6. The van der Waals surface area contributed by atoms with Gasteiger partial charge in [-0.2, -0.15) is 0 Å². The van der Waals surface area contributed by atoms with Crippen LogP contribution in [0.4, 0.5) is 0 Å². The van der Waals surface area contributed by atoms with E-state index in [4.69, 9.17) is 17.0 Å². The van der Waals surface area contributed by atoms with Crippen LogP contribution in [0.25, 0.3) is 0 Å². The van der Waals surface area contributed by atoms with Crippen LogP contribution in [0.5, 0.6) is 0 Å². The van der Waals surface area contributed by atoms with E-state index >= 15 is 0 Å². The molecule has 1 amide bonds. The van der Waals surface area contributed by atoms with Crippen LogP contribution in [0.2, 0.25) is 0 Å². The Morgan fingerprint density at radius 2 is 1.94 bits per heavy atom. The molecular formula is C25H37NO3S2. The van der Waals surface area contributed by atoms with Crippen molar-refractivity contribution in [1.29, 1.82) is 0 Å². The van der Waals surface area contributed by atoms with Crippen LogP contribution in [0, 0.1) is 32.6 Å². The Kier molecular flexibility index (Phi) is 9.74. The minimum atomic E-state index is -0.792. The number of hydrogen-bond acceptors (Lipinski definition) is 5. The fraction of sp³-hybridized carbons (Fsp3) is 0.600. The first-order valence-corrected chi connectivity index (χ1v) is 12.4. The summed E-state index contributed by atoms with van der Waals surface area (Å²) < 4.78 is 6.30. The maximum absolute atomic E-state index is 13.3. The fourth-order valence-corrected chi connectivity index (χ4v) is 6.18. The Bertz CT molecular complexity index is 800. The number of carbonyl (C=O) groups excluding carboxylic acids is 1. The maximum Gasteiger partial charge on any atom is 0.231 e. The summed E-state index contributed by atoms with van der Waals surface area (Å²) in [6.07, 6.45) is 4.13. The summed E-state index contributed by atoms with van der Waals surface area (Å²) in [6, 6.07) is 4.23. The summed E-state index contributed by atoms with van der Waals surface area (Å²) >= 11 is 7.08. The summed E-state index contributed by atoms with van der Waals surface area (Å²) in [5, 5.41) is 10.9. The first-order valence-electron chi connectivity index (χ1n) is 11.0. The number of ether oxygens (including phenoxy) is 1. The highest BCUT2D eigenvalue weighted by atomic mass is 32.2. The number of amides is 1. The van der Waals surface area contributed by atoms with Crippen molar-refractivity contribution in [3.63, 3.8) is 0 Å². The number of thiocarbonyl (C=S) groups is 1. The normalized spacial score (nSPS) is 20.8. The zero-order valence-electron chi connectivity index (χ0n) is 19.8. The van der Waals surface area contributed by atoms with Gasteiger partial charge in [-0.15, -0.1) is 0 Å². The Morgan fingerprint density at radius 3 is 2.48 bits per heavy atom. The van der Waals surface area contributed by atoms with Gasteiger partial charge in [0.1, 0.15) is 4.32 Å². The molecule has 1 aliphatic heterocycles. The molecule has 1 aromatic rings. The van der Waals surface area contributed by atoms with Gasteiger partial charge in [0.25, 0.3) is 0 Å². The summed E-state index contributed by atoms with van der Waals surface area (Å²) in [6.45, 7) is 12.3. The minimum Gasteiger partial charge on any atom is -0.392 e. The number of aliphatic hydroxyl groups is 1. The molecule has 1 saturated heterocycles. The molecule has 0 bridgehead atoms. The summed E-state index contributed by atoms with van der Waals surface area (Å²) in [5.74, 6) is 0.714. The quantitative estimate of drug-likeness (QED) is 0.386. The lowest BCUT2D eigenvalue weighted by Crippen LogP contribution is -2.41. The van der Waals surface area contributed by atoms with Gasteiger partial charge >= 0.3 is 0 Å². The average molecular weight is 464 g/mol. The number of carbonyl (C=O) groups is 1. The third-order valence-electron chi connectivity index (χ3n) is 6.30. The molecule has 31 heavy (non-hydrogen) atoms. The molecule has 1 N–H and O–H groups in total. The van der Waals surface area contributed by atoms with Crippen molar-refractivity contribution in [3.8, 4) is 0 Å². The van der Waals surface area contributed by atoms with Crippen LogP contribution in [-0.4, -0.2) is 45.3 Å². The molecule has 5 atom stereocenters. The zero-order valence-corrected chi connectivity index (χ0v) is 21.5. The second-order valence-electron chi connectivity index (χ2n) is 8.78. The van der Waals surface area contributed by atoms with E-state index in [9.17, 15) is 9.90 Å². The second-order valence-corrected chi connectivity index (χ2v) is 10.4. The van der Waals surface area contributed by atoms with Gasteiger partial charge in [0.05, 0.1) is 24.7 Å². The van der Waals surface area contributed by atoms with E-state index < -0.39 is 6.10 Å². The predicted molar refractivity (Wildman–Crippen MR) is 134 cm³/mol. The molecule has 0 spiro atoms. The number of methoxy groups -OCH3 is 1. The van der Waals surface area contributed by atoms with E-state index in [0.29, 0.717) is 4.32 Å². The van der Waals surface area contributed by atoms with Crippen molar-refractivity contribution in [3.05, 3.63) is 46.5 Å². The molecule has 1 aromatic carbocycles. The number of aliphatic hydroxyl groups excluding tert-OH is 1. The second kappa shape index (κ2) is 11.6. The summed E-state index contributed by atoms with van der Waals surface area (Å²) in [7, 11) is 1.67. The maximum atomic E-state index is 13.3. The van der Waals surface area contributed by atoms with Gasteiger partial charge in [-0.05, 0) is 56.7 Å². The summed E-state index contributed by atoms with van der Waals surface area (Å²) in [4.78, 5) is 15.0. The predicted octanol–water partition coefficient (Wildman–Crippen LogP) is 5.52. The lowest BCUT2D eigenvalue weighted by molar-refractivity contribution is -0.132. The number of aryl methyl sites for hydroxylation is 3. The van der Waals surface area contributed by atoms with E-state index in [2.05, 4.69) is 45.9 Å². The molecule has 172 valence electrons. The van der Waals surface area contributed by atoms with Crippen molar-refractivity contribution in [2.75, 3.05) is 12.9 Å². The van der Waals surface area contributed by atoms with Gasteiger partial charge in [-0.1, -0.05) is 67.7 Å². The SMILES string of the molecule is C/C=C/C[C@H](C)[C@@H](OC)[C@@H](C)[C@H](O)CC(=O)N1C(=S)SC[C@@H]1c1c(C)cc(C)cc1C. The number of allylic oxidation sites excluding steroid dienone is 2. The van der Waals surface area contributed by atoms with Crippen molar-refractivity contribution in [2.24, 2.45) is 11.8 Å². The van der Waals surface area contributed by atoms with Gasteiger partial charge in [0, 0.05) is 18.8 Å². The topological polar surface area (TPSA) is 49.8 Å². The van der Waals surface area contributed by atoms with E-state index in [0.717, 1.165) is 12.2 Å². The Morgan fingerprint density at radius 1 is 1.32 bits per heavy atom. The zero-order chi connectivity index (χ0) is 23.3. The van der Waals surface area contributed by atoms with Crippen LogP contribution < -0.4 is 0 Å². The minimum absolute atomic E-state index is 0.0402.